The maximum absolute atomic E-state index is 3.69. The molecule has 0 amide bonds. The van der Waals surface area contributed by atoms with Crippen LogP contribution < -0.4 is 5.32 Å². The Bertz CT molecular complexity index is 623. The molecule has 1 unspecified atom stereocenters. The molecule has 0 saturated carbocycles. The molecule has 0 bridgehead atoms. The van der Waals surface area contributed by atoms with E-state index in [1.807, 2.05) is 7.05 Å². The molecule has 0 fully saturated rings. The number of rotatable bonds is 5. The van der Waals surface area contributed by atoms with Crippen LogP contribution in [0.5, 0.6) is 0 Å². The maximum atomic E-state index is 3.69. The second-order valence-corrected chi connectivity index (χ2v) is 6.90. The summed E-state index contributed by atoms with van der Waals surface area (Å²) in [6.45, 7) is 4.42. The zero-order valence-electron chi connectivity index (χ0n) is 12.7. The van der Waals surface area contributed by atoms with Gasteiger partial charge in [-0.2, -0.15) is 0 Å². The lowest BCUT2D eigenvalue weighted by molar-refractivity contribution is 0.679. The van der Waals surface area contributed by atoms with Gasteiger partial charge < -0.3 is 5.32 Å². The Balaban J connectivity index is 2.57. The number of benzene rings is 2. The summed E-state index contributed by atoms with van der Waals surface area (Å²) >= 11 is 7.27. The van der Waals surface area contributed by atoms with Crippen molar-refractivity contribution in [1.29, 1.82) is 0 Å². The van der Waals surface area contributed by atoms with E-state index >= 15 is 0 Å². The molecule has 0 aliphatic heterocycles. The van der Waals surface area contributed by atoms with Crippen molar-refractivity contribution in [2.45, 2.75) is 32.7 Å². The Morgan fingerprint density at radius 2 is 1.71 bits per heavy atom. The monoisotopic (exact) mass is 409 g/mol. The van der Waals surface area contributed by atoms with Gasteiger partial charge in [0.15, 0.2) is 0 Å². The third-order valence-electron chi connectivity index (χ3n) is 3.87. The average molecular weight is 411 g/mol. The minimum atomic E-state index is 0.193. The highest BCUT2D eigenvalue weighted by Crippen LogP contribution is 2.33. The predicted octanol–water partition coefficient (Wildman–Crippen LogP) is 5.65. The van der Waals surface area contributed by atoms with Crippen molar-refractivity contribution in [3.63, 3.8) is 0 Å². The van der Waals surface area contributed by atoms with E-state index in [0.29, 0.717) is 0 Å². The van der Waals surface area contributed by atoms with Crippen LogP contribution in [0.4, 0.5) is 0 Å². The van der Waals surface area contributed by atoms with Crippen molar-refractivity contribution >= 4 is 31.9 Å². The molecule has 1 N–H and O–H groups in total. The van der Waals surface area contributed by atoms with Gasteiger partial charge in [0.1, 0.15) is 0 Å². The summed E-state index contributed by atoms with van der Waals surface area (Å²) in [5.41, 5.74) is 5.42. The number of hydrogen-bond acceptors (Lipinski definition) is 1. The first-order valence-electron chi connectivity index (χ1n) is 7.34. The van der Waals surface area contributed by atoms with E-state index in [2.05, 4.69) is 87.4 Å². The standard InChI is InChI=1S/C18H21Br2N/c1-4-12-6-7-13(5-2)15(10-12)18(21-3)16-11-14(19)8-9-17(16)20/h6-11,18,21H,4-5H2,1-3H3. The summed E-state index contributed by atoms with van der Waals surface area (Å²) < 4.78 is 2.24. The molecule has 0 radical (unpaired) electrons. The molecule has 2 aromatic rings. The maximum Gasteiger partial charge on any atom is 0.0588 e. The third-order valence-corrected chi connectivity index (χ3v) is 5.08. The summed E-state index contributed by atoms with van der Waals surface area (Å²) in [7, 11) is 2.02. The van der Waals surface area contributed by atoms with Crippen molar-refractivity contribution in [1.82, 2.24) is 5.32 Å². The van der Waals surface area contributed by atoms with Gasteiger partial charge in [-0.15, -0.1) is 0 Å². The average Bonchev–Trinajstić information content (AvgIpc) is 2.51. The molecule has 112 valence electrons. The van der Waals surface area contributed by atoms with Crippen LogP contribution in [0, 0.1) is 0 Å². The van der Waals surface area contributed by atoms with Crippen LogP contribution in [0.1, 0.15) is 42.1 Å². The van der Waals surface area contributed by atoms with Gasteiger partial charge in [-0.25, -0.2) is 0 Å². The molecule has 1 nitrogen and oxygen atoms in total. The van der Waals surface area contributed by atoms with E-state index in [9.17, 15) is 0 Å². The molecule has 2 aromatic carbocycles. The Morgan fingerprint density at radius 1 is 0.952 bits per heavy atom. The number of hydrogen-bond donors (Lipinski definition) is 1. The highest BCUT2D eigenvalue weighted by atomic mass is 79.9. The second-order valence-electron chi connectivity index (χ2n) is 5.13. The summed E-state index contributed by atoms with van der Waals surface area (Å²) in [6, 6.07) is 13.4. The second kappa shape index (κ2) is 7.57. The Labute approximate surface area is 144 Å². The molecule has 0 heterocycles. The molecular formula is C18H21Br2N. The highest BCUT2D eigenvalue weighted by Gasteiger charge is 2.18. The van der Waals surface area contributed by atoms with E-state index in [1.54, 1.807) is 0 Å². The van der Waals surface area contributed by atoms with Gasteiger partial charge in [0.2, 0.25) is 0 Å². The van der Waals surface area contributed by atoms with Crippen molar-refractivity contribution in [3.8, 4) is 0 Å². The summed E-state index contributed by atoms with van der Waals surface area (Å²) in [5, 5.41) is 3.48. The molecule has 2 rings (SSSR count). The molecule has 0 saturated heterocycles. The van der Waals surface area contributed by atoms with Gasteiger partial charge >= 0.3 is 0 Å². The molecular weight excluding hydrogens is 390 g/mol. The van der Waals surface area contributed by atoms with Crippen LogP contribution in [0.25, 0.3) is 0 Å². The lowest BCUT2D eigenvalue weighted by atomic mass is 9.91. The van der Waals surface area contributed by atoms with Crippen LogP contribution in [-0.4, -0.2) is 7.05 Å². The van der Waals surface area contributed by atoms with E-state index in [-0.39, 0.29) is 6.04 Å². The van der Waals surface area contributed by atoms with Crippen LogP contribution >= 0.6 is 31.9 Å². The minimum absolute atomic E-state index is 0.193. The zero-order valence-corrected chi connectivity index (χ0v) is 15.9. The summed E-state index contributed by atoms with van der Waals surface area (Å²) in [6.07, 6.45) is 2.11. The number of aryl methyl sites for hydroxylation is 2. The summed E-state index contributed by atoms with van der Waals surface area (Å²) in [4.78, 5) is 0. The Morgan fingerprint density at radius 3 is 2.33 bits per heavy atom. The molecule has 21 heavy (non-hydrogen) atoms. The van der Waals surface area contributed by atoms with E-state index < -0.39 is 0 Å². The van der Waals surface area contributed by atoms with Crippen LogP contribution in [0.3, 0.4) is 0 Å². The van der Waals surface area contributed by atoms with Crippen molar-refractivity contribution in [3.05, 3.63) is 67.6 Å². The minimum Gasteiger partial charge on any atom is -0.309 e. The van der Waals surface area contributed by atoms with Gasteiger partial charge in [0.05, 0.1) is 6.04 Å². The van der Waals surface area contributed by atoms with Crippen LogP contribution in [0.15, 0.2) is 45.3 Å². The molecule has 0 aliphatic rings. The van der Waals surface area contributed by atoms with Crippen molar-refractivity contribution in [2.24, 2.45) is 0 Å². The smallest absolute Gasteiger partial charge is 0.0588 e. The van der Waals surface area contributed by atoms with Crippen molar-refractivity contribution < 1.29 is 0 Å². The van der Waals surface area contributed by atoms with Gasteiger partial charge in [-0.05, 0) is 60.3 Å². The Kier molecular flexibility index (Phi) is 6.03. The van der Waals surface area contributed by atoms with E-state index in [0.717, 1.165) is 21.8 Å². The normalized spacial score (nSPS) is 12.4. The first-order valence-corrected chi connectivity index (χ1v) is 8.93. The highest BCUT2D eigenvalue weighted by molar-refractivity contribution is 9.11. The number of halogens is 2. The fourth-order valence-corrected chi connectivity index (χ4v) is 3.52. The molecule has 0 aromatic heterocycles. The van der Waals surface area contributed by atoms with Crippen molar-refractivity contribution in [2.75, 3.05) is 7.05 Å². The fraction of sp³-hybridized carbons (Fsp3) is 0.333. The molecule has 0 aliphatic carbocycles. The largest absolute Gasteiger partial charge is 0.309 e. The first kappa shape index (κ1) is 16.7. The van der Waals surface area contributed by atoms with Crippen LogP contribution in [-0.2, 0) is 12.8 Å². The third kappa shape index (κ3) is 3.77. The molecule has 1 atom stereocenters. The van der Waals surface area contributed by atoms with Gasteiger partial charge in [-0.3, -0.25) is 0 Å². The fourth-order valence-electron chi connectivity index (χ4n) is 2.67. The van der Waals surface area contributed by atoms with E-state index in [1.165, 1.54) is 22.3 Å². The lowest BCUT2D eigenvalue weighted by Crippen LogP contribution is -2.20. The first-order chi connectivity index (χ1) is 10.1. The van der Waals surface area contributed by atoms with E-state index in [4.69, 9.17) is 0 Å². The van der Waals surface area contributed by atoms with Crippen LogP contribution in [0.2, 0.25) is 0 Å². The lowest BCUT2D eigenvalue weighted by Gasteiger charge is -2.22. The Hall–Kier alpha value is -0.640. The SMILES string of the molecule is CCc1ccc(CC)c(C(NC)c2cc(Br)ccc2Br)c1. The molecule has 0 spiro atoms. The predicted molar refractivity (Wildman–Crippen MR) is 97.9 cm³/mol. The quantitative estimate of drug-likeness (QED) is 0.671. The number of nitrogens with one attached hydrogen (secondary N) is 1. The summed E-state index contributed by atoms with van der Waals surface area (Å²) in [5.74, 6) is 0. The zero-order chi connectivity index (χ0) is 15.4. The van der Waals surface area contributed by atoms with Gasteiger partial charge in [0, 0.05) is 8.95 Å². The van der Waals surface area contributed by atoms with Gasteiger partial charge in [-0.1, -0.05) is 63.9 Å². The van der Waals surface area contributed by atoms with Gasteiger partial charge in [0.25, 0.3) is 0 Å². The molecule has 3 heteroatoms. The topological polar surface area (TPSA) is 12.0 Å².